The summed E-state index contributed by atoms with van der Waals surface area (Å²) in [7, 11) is 0. The molecule has 6 rings (SSSR count). The van der Waals surface area contributed by atoms with E-state index in [1.54, 1.807) is 67.6 Å². The van der Waals surface area contributed by atoms with Gasteiger partial charge >= 0.3 is 11.9 Å². The summed E-state index contributed by atoms with van der Waals surface area (Å²) < 4.78 is 35.5. The van der Waals surface area contributed by atoms with Crippen LogP contribution >= 0.6 is 0 Å². The maximum Gasteiger partial charge on any atom is 0.338 e. The molecule has 3 heterocycles. The van der Waals surface area contributed by atoms with Gasteiger partial charge < -0.3 is 48.8 Å². The van der Waals surface area contributed by atoms with Gasteiger partial charge in [0.15, 0.2) is 18.4 Å². The Hall–Kier alpha value is -2.94. The smallest absolute Gasteiger partial charge is 0.338 e. The third-order valence-corrected chi connectivity index (χ3v) is 8.82. The molecule has 3 saturated heterocycles. The zero-order chi connectivity index (χ0) is 29.7. The molecular weight excluding hydrogens is 552 g/mol. The van der Waals surface area contributed by atoms with Crippen molar-refractivity contribution in [1.82, 2.24) is 0 Å². The van der Waals surface area contributed by atoms with E-state index in [9.17, 15) is 30.0 Å². The number of hydrogen-bond acceptors (Lipinski definition) is 12. The van der Waals surface area contributed by atoms with Gasteiger partial charge in [-0.05, 0) is 37.6 Å². The van der Waals surface area contributed by atoms with Crippen molar-refractivity contribution < 1.29 is 58.4 Å². The van der Waals surface area contributed by atoms with Gasteiger partial charge in [0.1, 0.15) is 48.8 Å². The zero-order valence-corrected chi connectivity index (χ0v) is 22.9. The molecule has 3 aliphatic heterocycles. The van der Waals surface area contributed by atoms with E-state index in [0.29, 0.717) is 11.1 Å². The number of carbonyl (C=O) groups excluding carboxylic acids is 2. The van der Waals surface area contributed by atoms with Crippen molar-refractivity contribution in [2.75, 3.05) is 13.2 Å². The number of carbonyl (C=O) groups is 2. The summed E-state index contributed by atoms with van der Waals surface area (Å²) in [5, 5.41) is 43.3. The van der Waals surface area contributed by atoms with Crippen LogP contribution in [-0.2, 0) is 28.4 Å². The van der Waals surface area contributed by atoms with Crippen molar-refractivity contribution in [3.8, 4) is 0 Å². The molecule has 226 valence electrons. The summed E-state index contributed by atoms with van der Waals surface area (Å²) in [6, 6.07) is 16.7. The van der Waals surface area contributed by atoms with E-state index in [-0.39, 0.29) is 25.9 Å². The monoisotopic (exact) mass is 586 g/mol. The fourth-order valence-electron chi connectivity index (χ4n) is 6.59. The van der Waals surface area contributed by atoms with Crippen molar-refractivity contribution >= 4 is 11.9 Å². The molecule has 2 aromatic carbocycles. The summed E-state index contributed by atoms with van der Waals surface area (Å²) in [6.45, 7) is 1.12. The highest BCUT2D eigenvalue weighted by Crippen LogP contribution is 2.62. The van der Waals surface area contributed by atoms with E-state index in [1.807, 2.05) is 0 Å². The van der Waals surface area contributed by atoms with Crippen LogP contribution in [0.25, 0.3) is 0 Å². The van der Waals surface area contributed by atoms with Gasteiger partial charge in [-0.25, -0.2) is 9.59 Å². The molecule has 0 amide bonds. The predicted octanol–water partition coefficient (Wildman–Crippen LogP) is 0.897. The molecule has 0 aromatic heterocycles. The molecule has 4 fully saturated rings. The maximum absolute atomic E-state index is 12.8. The van der Waals surface area contributed by atoms with Gasteiger partial charge in [-0.3, -0.25) is 0 Å². The minimum atomic E-state index is -1.69. The molecule has 12 heteroatoms. The number of benzene rings is 2. The lowest BCUT2D eigenvalue weighted by molar-refractivity contribution is -0.390. The van der Waals surface area contributed by atoms with Crippen LogP contribution in [0.1, 0.15) is 46.9 Å². The fraction of sp³-hybridized carbons (Fsp3) is 0.533. The van der Waals surface area contributed by atoms with E-state index >= 15 is 0 Å². The van der Waals surface area contributed by atoms with Crippen molar-refractivity contribution in [3.63, 3.8) is 0 Å². The second-order valence-electron chi connectivity index (χ2n) is 11.5. The van der Waals surface area contributed by atoms with E-state index in [1.165, 1.54) is 0 Å². The third kappa shape index (κ3) is 5.01. The summed E-state index contributed by atoms with van der Waals surface area (Å²) in [6.07, 6.45) is -8.32. The quantitative estimate of drug-likeness (QED) is 0.323. The van der Waals surface area contributed by atoms with Crippen molar-refractivity contribution in [1.29, 1.82) is 0 Å². The summed E-state index contributed by atoms with van der Waals surface area (Å²) in [5.74, 6) is -3.46. The minimum absolute atomic E-state index is 0.0335. The topological polar surface area (TPSA) is 170 Å². The van der Waals surface area contributed by atoms with Gasteiger partial charge in [-0.1, -0.05) is 36.4 Å². The molecule has 10 atom stereocenters. The van der Waals surface area contributed by atoms with Crippen LogP contribution in [-0.4, -0.2) is 99.6 Å². The van der Waals surface area contributed by atoms with Crippen LogP contribution in [0.4, 0.5) is 0 Å². The van der Waals surface area contributed by atoms with Gasteiger partial charge in [0, 0.05) is 12.8 Å². The summed E-state index contributed by atoms with van der Waals surface area (Å²) in [4.78, 5) is 25.3. The van der Waals surface area contributed by atoms with Crippen molar-refractivity contribution in [3.05, 3.63) is 71.8 Å². The average molecular weight is 587 g/mol. The lowest BCUT2D eigenvalue weighted by Crippen LogP contribution is -2.67. The number of fused-ring (bicyclic) bond motifs is 2. The Morgan fingerprint density at radius 2 is 1.43 bits per heavy atom. The molecule has 4 N–H and O–H groups in total. The van der Waals surface area contributed by atoms with E-state index < -0.39 is 78.4 Å². The zero-order valence-electron chi connectivity index (χ0n) is 22.9. The number of esters is 2. The lowest BCUT2D eigenvalue weighted by atomic mass is 9.67. The van der Waals surface area contributed by atoms with E-state index in [0.717, 1.165) is 0 Å². The van der Waals surface area contributed by atoms with Crippen LogP contribution in [0.3, 0.4) is 0 Å². The van der Waals surface area contributed by atoms with Gasteiger partial charge in [0.05, 0.1) is 17.0 Å². The summed E-state index contributed by atoms with van der Waals surface area (Å²) >= 11 is 0. The Bertz CT molecular complexity index is 1290. The molecule has 1 saturated carbocycles. The molecule has 42 heavy (non-hydrogen) atoms. The fourth-order valence-corrected chi connectivity index (χ4v) is 6.59. The maximum atomic E-state index is 12.8. The molecule has 0 spiro atoms. The number of aliphatic hydroxyl groups is 4. The second-order valence-corrected chi connectivity index (χ2v) is 11.5. The number of hydrogen-bond donors (Lipinski definition) is 4. The number of ether oxygens (including phenoxy) is 6. The Kier molecular flexibility index (Phi) is 7.61. The lowest BCUT2D eigenvalue weighted by Gasteiger charge is -2.54. The normalized spacial score (nSPS) is 40.5. The van der Waals surface area contributed by atoms with Crippen LogP contribution < -0.4 is 0 Å². The van der Waals surface area contributed by atoms with Gasteiger partial charge in [-0.2, -0.15) is 0 Å². The van der Waals surface area contributed by atoms with Gasteiger partial charge in [0.25, 0.3) is 0 Å². The molecule has 4 aliphatic rings. The average Bonchev–Trinajstić information content (AvgIpc) is 3.09. The van der Waals surface area contributed by atoms with Gasteiger partial charge in [0.2, 0.25) is 0 Å². The highest BCUT2D eigenvalue weighted by molar-refractivity contribution is 5.89. The standard InChI is InChI=1S/C30H34O12/c1-28-16-29(36)12-13-30(28,19(26(40-28)41-29)14-37-24(34)17-8-4-2-5-9-17)42-27-23(33)22(32)21(31)20(39-27)15-38-25(35)18-10-6-3-7-11-18/h2-11,19-23,26-27,31-33,36H,12-16H2,1H3/t19-,20-,21-,22+,23-,26-,27+,28+,29+,30-/m1/s1. The first-order chi connectivity index (χ1) is 20.0. The molecule has 2 aromatic rings. The van der Waals surface area contributed by atoms with Crippen LogP contribution in [0.5, 0.6) is 0 Å². The largest absolute Gasteiger partial charge is 0.461 e. The van der Waals surface area contributed by atoms with Gasteiger partial charge in [-0.15, -0.1) is 0 Å². The molecule has 1 aliphatic carbocycles. The van der Waals surface area contributed by atoms with E-state index in [4.69, 9.17) is 28.4 Å². The molecule has 12 nitrogen and oxygen atoms in total. The molecule has 3 bridgehead atoms. The van der Waals surface area contributed by atoms with Crippen LogP contribution in [0.2, 0.25) is 0 Å². The van der Waals surface area contributed by atoms with E-state index in [2.05, 4.69) is 0 Å². The Balaban J connectivity index is 1.22. The van der Waals surface area contributed by atoms with Crippen LogP contribution in [0.15, 0.2) is 60.7 Å². The third-order valence-electron chi connectivity index (χ3n) is 8.82. The van der Waals surface area contributed by atoms with Crippen molar-refractivity contribution in [2.24, 2.45) is 5.92 Å². The first-order valence-corrected chi connectivity index (χ1v) is 13.9. The predicted molar refractivity (Wildman–Crippen MR) is 141 cm³/mol. The summed E-state index contributed by atoms with van der Waals surface area (Å²) in [5.41, 5.74) is -1.80. The highest BCUT2D eigenvalue weighted by atomic mass is 16.8. The number of rotatable bonds is 8. The Morgan fingerprint density at radius 1 is 0.833 bits per heavy atom. The molecule has 0 radical (unpaired) electrons. The first kappa shape index (κ1) is 29.1. The Labute approximate surface area is 241 Å². The number of aliphatic hydroxyl groups excluding tert-OH is 3. The van der Waals surface area contributed by atoms with Crippen molar-refractivity contribution in [2.45, 2.75) is 80.2 Å². The Morgan fingerprint density at radius 3 is 2.05 bits per heavy atom. The molecular formula is C30H34O12. The minimum Gasteiger partial charge on any atom is -0.461 e. The van der Waals surface area contributed by atoms with Crippen LogP contribution in [0, 0.1) is 5.92 Å². The first-order valence-electron chi connectivity index (χ1n) is 13.9. The second kappa shape index (κ2) is 11.0. The molecule has 0 unspecified atom stereocenters. The SMILES string of the molecule is C[C@]12C[C@]3(O)CC[C@@]1(O[C@@H]1O[C@H](COC(=O)c4ccccc4)[C@@H](O)[C@H](O)[C@H]1O)[C@H](COC(=O)c1ccccc1)[C@@H](O3)O2. The highest BCUT2D eigenvalue weighted by Gasteiger charge is 2.74.